The molecule has 4 heteroatoms. The van der Waals surface area contributed by atoms with Crippen molar-refractivity contribution in [2.24, 2.45) is 0 Å². The topological polar surface area (TPSA) is 12.9 Å². The van der Waals surface area contributed by atoms with E-state index in [1.165, 1.54) is 23.3 Å². The Kier molecular flexibility index (Phi) is 4.62. The molecule has 0 amide bonds. The zero-order chi connectivity index (χ0) is 11.5. The van der Waals surface area contributed by atoms with Gasteiger partial charge in [-0.1, -0.05) is 62.1 Å². The largest absolute Gasteiger partial charge is 0.245 e. The Morgan fingerprint density at radius 2 is 1.67 bits per heavy atom. The van der Waals surface area contributed by atoms with Crippen molar-refractivity contribution in [3.05, 3.63) is 22.4 Å². The highest BCUT2D eigenvalue weighted by atomic mass is 35.5. The van der Waals surface area contributed by atoms with Crippen molar-refractivity contribution >= 4 is 36.5 Å². The molecule has 0 aliphatic rings. The van der Waals surface area contributed by atoms with Gasteiger partial charge in [0.15, 0.2) is 0 Å². The SMILES string of the molecule is CC[Si](CC)(CC)c1cnc(Cl)cc1Cl. The van der Waals surface area contributed by atoms with Gasteiger partial charge in [-0.3, -0.25) is 0 Å². The Hall–Kier alpha value is -0.0531. The summed E-state index contributed by atoms with van der Waals surface area (Å²) in [6, 6.07) is 5.40. The lowest BCUT2D eigenvalue weighted by Crippen LogP contribution is -2.46. The molecule has 84 valence electrons. The third kappa shape index (κ3) is 2.55. The number of rotatable bonds is 4. The molecule has 0 aliphatic heterocycles. The standard InChI is InChI=1S/C11H17Cl2NSi/c1-4-15(5-2,6-3)10-8-14-11(13)7-9(10)12/h7-8H,4-6H2,1-3H3. The number of hydrogen-bond acceptors (Lipinski definition) is 1. The Labute approximate surface area is 103 Å². The second kappa shape index (κ2) is 5.33. The summed E-state index contributed by atoms with van der Waals surface area (Å²) in [7, 11) is -1.41. The van der Waals surface area contributed by atoms with Crippen molar-refractivity contribution in [1.82, 2.24) is 4.98 Å². The molecule has 1 heterocycles. The number of hydrogen-bond donors (Lipinski definition) is 0. The lowest BCUT2D eigenvalue weighted by Gasteiger charge is -2.29. The highest BCUT2D eigenvalue weighted by molar-refractivity contribution is 6.93. The number of halogens is 2. The van der Waals surface area contributed by atoms with E-state index in [2.05, 4.69) is 25.8 Å². The summed E-state index contributed by atoms with van der Waals surface area (Å²) in [5.74, 6) is 0. The minimum Gasteiger partial charge on any atom is -0.245 e. The quantitative estimate of drug-likeness (QED) is 0.588. The average Bonchev–Trinajstić information content (AvgIpc) is 2.23. The molecule has 0 spiro atoms. The fourth-order valence-electron chi connectivity index (χ4n) is 2.12. The molecule has 0 aliphatic carbocycles. The van der Waals surface area contributed by atoms with Crippen LogP contribution in [0.4, 0.5) is 0 Å². The van der Waals surface area contributed by atoms with Crippen molar-refractivity contribution < 1.29 is 0 Å². The molecule has 15 heavy (non-hydrogen) atoms. The first-order valence-electron chi connectivity index (χ1n) is 5.41. The maximum atomic E-state index is 6.26. The van der Waals surface area contributed by atoms with Crippen LogP contribution in [0.5, 0.6) is 0 Å². The molecular formula is C11H17Cl2NSi. The first kappa shape index (κ1) is 13.0. The molecule has 0 radical (unpaired) electrons. The van der Waals surface area contributed by atoms with Crippen LogP contribution >= 0.6 is 23.2 Å². The van der Waals surface area contributed by atoms with E-state index >= 15 is 0 Å². The Morgan fingerprint density at radius 3 is 2.07 bits per heavy atom. The second-order valence-electron chi connectivity index (χ2n) is 3.83. The minimum atomic E-state index is -1.41. The summed E-state index contributed by atoms with van der Waals surface area (Å²) in [5, 5.41) is 2.54. The molecule has 0 bridgehead atoms. The van der Waals surface area contributed by atoms with Crippen molar-refractivity contribution in [3.8, 4) is 0 Å². The maximum absolute atomic E-state index is 6.26. The van der Waals surface area contributed by atoms with Gasteiger partial charge in [-0.25, -0.2) is 4.98 Å². The monoisotopic (exact) mass is 261 g/mol. The average molecular weight is 262 g/mol. The van der Waals surface area contributed by atoms with Gasteiger partial charge < -0.3 is 0 Å². The zero-order valence-corrected chi connectivity index (χ0v) is 12.0. The molecule has 0 saturated heterocycles. The van der Waals surface area contributed by atoms with E-state index in [0.29, 0.717) is 5.15 Å². The Bertz CT molecular complexity index is 329. The minimum absolute atomic E-state index is 0.481. The predicted molar refractivity (Wildman–Crippen MR) is 71.1 cm³/mol. The highest BCUT2D eigenvalue weighted by Gasteiger charge is 2.31. The molecule has 0 fully saturated rings. The van der Waals surface area contributed by atoms with Gasteiger partial charge >= 0.3 is 0 Å². The smallest absolute Gasteiger partial charge is 0.130 e. The Morgan fingerprint density at radius 1 is 1.13 bits per heavy atom. The van der Waals surface area contributed by atoms with Crippen LogP contribution in [0.2, 0.25) is 28.3 Å². The molecule has 0 unspecified atom stereocenters. The van der Waals surface area contributed by atoms with E-state index in [-0.39, 0.29) is 0 Å². The molecule has 0 saturated carbocycles. The van der Waals surface area contributed by atoms with Crippen molar-refractivity contribution in [3.63, 3.8) is 0 Å². The van der Waals surface area contributed by atoms with Crippen LogP contribution in [0.25, 0.3) is 0 Å². The summed E-state index contributed by atoms with van der Waals surface area (Å²) < 4.78 is 0. The second-order valence-corrected chi connectivity index (χ2v) is 9.84. The molecule has 1 rings (SSSR count). The third-order valence-electron chi connectivity index (χ3n) is 3.42. The van der Waals surface area contributed by atoms with Gasteiger partial charge in [-0.05, 0) is 11.3 Å². The predicted octanol–water partition coefficient (Wildman–Crippen LogP) is 4.10. The zero-order valence-electron chi connectivity index (χ0n) is 9.48. The van der Waals surface area contributed by atoms with Gasteiger partial charge in [-0.15, -0.1) is 0 Å². The summed E-state index contributed by atoms with van der Waals surface area (Å²) >= 11 is 12.1. The van der Waals surface area contributed by atoms with E-state index in [1.54, 1.807) is 6.07 Å². The van der Waals surface area contributed by atoms with Crippen molar-refractivity contribution in [2.45, 2.75) is 38.9 Å². The van der Waals surface area contributed by atoms with Gasteiger partial charge in [-0.2, -0.15) is 0 Å². The molecule has 0 atom stereocenters. The highest BCUT2D eigenvalue weighted by Crippen LogP contribution is 2.24. The Balaban J connectivity index is 3.22. The van der Waals surface area contributed by atoms with Crippen LogP contribution in [0.15, 0.2) is 12.3 Å². The van der Waals surface area contributed by atoms with Gasteiger partial charge in [0.2, 0.25) is 0 Å². The van der Waals surface area contributed by atoms with Gasteiger partial charge in [0.25, 0.3) is 0 Å². The summed E-state index contributed by atoms with van der Waals surface area (Å²) in [5.41, 5.74) is 0. The molecule has 1 aromatic heterocycles. The van der Waals surface area contributed by atoms with Crippen LogP contribution in [0, 0.1) is 0 Å². The molecule has 0 aromatic carbocycles. The van der Waals surface area contributed by atoms with E-state index < -0.39 is 8.07 Å². The van der Waals surface area contributed by atoms with Crippen molar-refractivity contribution in [2.75, 3.05) is 0 Å². The van der Waals surface area contributed by atoms with Crippen LogP contribution in [0.1, 0.15) is 20.8 Å². The van der Waals surface area contributed by atoms with Crippen molar-refractivity contribution in [1.29, 1.82) is 0 Å². The lowest BCUT2D eigenvalue weighted by molar-refractivity contribution is 1.19. The van der Waals surface area contributed by atoms with E-state index in [9.17, 15) is 0 Å². The number of pyridine rings is 1. The normalized spacial score (nSPS) is 11.8. The summed E-state index contributed by atoms with van der Waals surface area (Å²) in [6.07, 6.45) is 1.88. The third-order valence-corrected chi connectivity index (χ3v) is 9.70. The fourth-order valence-corrected chi connectivity index (χ4v) is 6.65. The van der Waals surface area contributed by atoms with Gasteiger partial charge in [0, 0.05) is 11.2 Å². The van der Waals surface area contributed by atoms with E-state index in [1.807, 2.05) is 6.20 Å². The lowest BCUT2D eigenvalue weighted by atomic mass is 10.5. The van der Waals surface area contributed by atoms with Crippen LogP contribution < -0.4 is 5.19 Å². The number of nitrogens with zero attached hydrogens (tertiary/aromatic N) is 1. The first-order chi connectivity index (χ1) is 7.09. The van der Waals surface area contributed by atoms with E-state index in [4.69, 9.17) is 23.2 Å². The molecule has 1 aromatic rings. The first-order valence-corrected chi connectivity index (χ1v) is 8.79. The number of aromatic nitrogens is 1. The van der Waals surface area contributed by atoms with Crippen LogP contribution in [0.3, 0.4) is 0 Å². The molecule has 0 N–H and O–H groups in total. The summed E-state index contributed by atoms with van der Waals surface area (Å²) in [6.45, 7) is 6.76. The fraction of sp³-hybridized carbons (Fsp3) is 0.545. The molecular weight excluding hydrogens is 245 g/mol. The van der Waals surface area contributed by atoms with E-state index in [0.717, 1.165) is 5.02 Å². The van der Waals surface area contributed by atoms with Crippen LogP contribution in [-0.4, -0.2) is 13.1 Å². The van der Waals surface area contributed by atoms with Gasteiger partial charge in [0.1, 0.15) is 5.15 Å². The summed E-state index contributed by atoms with van der Waals surface area (Å²) in [4.78, 5) is 4.17. The van der Waals surface area contributed by atoms with Gasteiger partial charge in [0.05, 0.1) is 8.07 Å². The molecule has 1 nitrogen and oxygen atoms in total. The maximum Gasteiger partial charge on any atom is 0.130 e. The van der Waals surface area contributed by atoms with Crippen LogP contribution in [-0.2, 0) is 0 Å².